The predicted molar refractivity (Wildman–Crippen MR) is 109 cm³/mol. The van der Waals surface area contributed by atoms with Crippen molar-refractivity contribution in [1.29, 1.82) is 0 Å². The molecular weight excluding hydrogens is 370 g/mol. The maximum atomic E-state index is 12.9. The average Bonchev–Trinajstić information content (AvgIpc) is 3.45. The molecule has 1 aliphatic carbocycles. The molecule has 0 saturated heterocycles. The second-order valence-electron chi connectivity index (χ2n) is 7.76. The Kier molecular flexibility index (Phi) is 4.86. The Morgan fingerprint density at radius 2 is 1.93 bits per heavy atom. The van der Waals surface area contributed by atoms with E-state index in [1.807, 2.05) is 30.0 Å². The summed E-state index contributed by atoms with van der Waals surface area (Å²) in [5, 5.41) is 6.83. The minimum Gasteiger partial charge on any atom is -0.358 e. The first-order chi connectivity index (χ1) is 13.9. The van der Waals surface area contributed by atoms with Crippen LogP contribution in [0.3, 0.4) is 0 Å². The zero-order chi connectivity index (χ0) is 20.7. The van der Waals surface area contributed by atoms with Crippen molar-refractivity contribution in [2.45, 2.75) is 39.3 Å². The van der Waals surface area contributed by atoms with Crippen molar-refractivity contribution in [2.75, 3.05) is 23.4 Å². The van der Waals surface area contributed by atoms with Crippen LogP contribution in [-0.4, -0.2) is 47.1 Å². The molecule has 4 rings (SSSR count). The number of fused-ring (bicyclic) bond motifs is 1. The summed E-state index contributed by atoms with van der Waals surface area (Å²) in [7, 11) is 1.59. The van der Waals surface area contributed by atoms with E-state index in [0.29, 0.717) is 6.54 Å². The molecule has 152 valence electrons. The van der Waals surface area contributed by atoms with Crippen molar-refractivity contribution >= 4 is 29.1 Å². The summed E-state index contributed by atoms with van der Waals surface area (Å²) >= 11 is 0. The fraction of sp³-hybridized carbons (Fsp3) is 0.429. The third-order valence-electron chi connectivity index (χ3n) is 5.50. The first-order valence-corrected chi connectivity index (χ1v) is 9.87. The van der Waals surface area contributed by atoms with Crippen LogP contribution in [0.4, 0.5) is 11.4 Å². The summed E-state index contributed by atoms with van der Waals surface area (Å²) in [6.07, 6.45) is 5.37. The number of rotatable bonds is 4. The maximum Gasteiger partial charge on any atom is 0.241 e. The van der Waals surface area contributed by atoms with E-state index >= 15 is 0 Å². The molecule has 2 aromatic rings. The number of carbonyl (C=O) groups is 3. The number of nitrogens with zero attached hydrogens (tertiary/aromatic N) is 4. The van der Waals surface area contributed by atoms with Gasteiger partial charge in [-0.25, -0.2) is 0 Å². The number of carbonyl (C=O) groups excluding carboxylic acids is 3. The highest BCUT2D eigenvalue weighted by Crippen LogP contribution is 2.41. The van der Waals surface area contributed by atoms with Gasteiger partial charge in [-0.1, -0.05) is 6.07 Å². The van der Waals surface area contributed by atoms with Crippen LogP contribution in [0.25, 0.3) is 11.1 Å². The van der Waals surface area contributed by atoms with Crippen molar-refractivity contribution in [3.63, 3.8) is 0 Å². The first-order valence-electron chi connectivity index (χ1n) is 9.87. The Morgan fingerprint density at radius 1 is 1.17 bits per heavy atom. The molecule has 1 fully saturated rings. The molecule has 1 aromatic carbocycles. The van der Waals surface area contributed by atoms with Crippen LogP contribution >= 0.6 is 0 Å². The number of benzene rings is 1. The fourth-order valence-electron chi connectivity index (χ4n) is 3.87. The summed E-state index contributed by atoms with van der Waals surface area (Å²) in [6, 6.07) is 5.68. The van der Waals surface area contributed by atoms with Gasteiger partial charge < -0.3 is 15.1 Å². The summed E-state index contributed by atoms with van der Waals surface area (Å²) in [6.45, 7) is 4.15. The second kappa shape index (κ2) is 7.35. The SMILES string of the molecule is CNC(=O)Cn1cc(-c2ccc3c(c2)N(C(=O)C2CC2)CC(C)N3C(C)=O)cn1. The fourth-order valence-corrected chi connectivity index (χ4v) is 3.87. The molecule has 0 bridgehead atoms. The van der Waals surface area contributed by atoms with Crippen LogP contribution < -0.4 is 15.1 Å². The summed E-state index contributed by atoms with van der Waals surface area (Å²) in [5.74, 6) is 0.0625. The summed E-state index contributed by atoms with van der Waals surface area (Å²) in [4.78, 5) is 40.3. The van der Waals surface area contributed by atoms with E-state index in [1.54, 1.807) is 35.9 Å². The largest absolute Gasteiger partial charge is 0.358 e. The van der Waals surface area contributed by atoms with Gasteiger partial charge in [0.2, 0.25) is 17.7 Å². The number of hydrogen-bond acceptors (Lipinski definition) is 4. The number of aromatic nitrogens is 2. The smallest absolute Gasteiger partial charge is 0.241 e. The molecule has 8 nitrogen and oxygen atoms in total. The molecule has 1 atom stereocenters. The van der Waals surface area contributed by atoms with E-state index in [1.165, 1.54) is 0 Å². The lowest BCUT2D eigenvalue weighted by Gasteiger charge is -2.41. The summed E-state index contributed by atoms with van der Waals surface area (Å²) < 4.78 is 1.57. The van der Waals surface area contributed by atoms with Crippen LogP contribution in [0.1, 0.15) is 26.7 Å². The van der Waals surface area contributed by atoms with Gasteiger partial charge in [0, 0.05) is 38.2 Å². The third kappa shape index (κ3) is 3.62. The number of likely N-dealkylation sites (N-methyl/N-ethyl adjacent to an activating group) is 1. The molecule has 2 heterocycles. The van der Waals surface area contributed by atoms with Gasteiger partial charge in [-0.2, -0.15) is 5.10 Å². The molecule has 0 spiro atoms. The Bertz CT molecular complexity index is 978. The van der Waals surface area contributed by atoms with Crippen LogP contribution in [0.5, 0.6) is 0 Å². The third-order valence-corrected chi connectivity index (χ3v) is 5.50. The molecule has 1 aliphatic heterocycles. The van der Waals surface area contributed by atoms with Gasteiger partial charge in [0.05, 0.1) is 23.6 Å². The quantitative estimate of drug-likeness (QED) is 0.855. The Labute approximate surface area is 169 Å². The normalized spacial score (nSPS) is 18.4. The minimum absolute atomic E-state index is 0.0385. The van der Waals surface area contributed by atoms with Gasteiger partial charge in [-0.05, 0) is 37.5 Å². The van der Waals surface area contributed by atoms with Crippen molar-refractivity contribution in [3.05, 3.63) is 30.6 Å². The average molecular weight is 395 g/mol. The lowest BCUT2D eigenvalue weighted by Crippen LogP contribution is -2.51. The summed E-state index contributed by atoms with van der Waals surface area (Å²) in [5.41, 5.74) is 3.25. The second-order valence-corrected chi connectivity index (χ2v) is 7.76. The van der Waals surface area contributed by atoms with E-state index in [0.717, 1.165) is 35.3 Å². The van der Waals surface area contributed by atoms with Gasteiger partial charge in [-0.3, -0.25) is 19.1 Å². The lowest BCUT2D eigenvalue weighted by molar-refractivity contribution is -0.121. The van der Waals surface area contributed by atoms with Crippen molar-refractivity contribution < 1.29 is 14.4 Å². The zero-order valence-electron chi connectivity index (χ0n) is 16.9. The van der Waals surface area contributed by atoms with Crippen molar-refractivity contribution in [2.24, 2.45) is 5.92 Å². The molecule has 1 unspecified atom stereocenters. The number of nitrogens with one attached hydrogen (secondary N) is 1. The number of amides is 3. The molecular formula is C21H25N5O3. The van der Waals surface area contributed by atoms with E-state index in [9.17, 15) is 14.4 Å². The van der Waals surface area contributed by atoms with Gasteiger partial charge in [0.25, 0.3) is 0 Å². The molecule has 2 aliphatic rings. The van der Waals surface area contributed by atoms with Gasteiger partial charge in [0.1, 0.15) is 6.54 Å². The lowest BCUT2D eigenvalue weighted by atomic mass is 10.0. The molecule has 3 amide bonds. The maximum absolute atomic E-state index is 12.9. The highest BCUT2D eigenvalue weighted by Gasteiger charge is 2.39. The van der Waals surface area contributed by atoms with E-state index in [2.05, 4.69) is 10.4 Å². The molecule has 1 aromatic heterocycles. The first kappa shape index (κ1) is 19.2. The molecule has 29 heavy (non-hydrogen) atoms. The van der Waals surface area contributed by atoms with Crippen LogP contribution in [0.2, 0.25) is 0 Å². The van der Waals surface area contributed by atoms with Gasteiger partial charge in [0.15, 0.2) is 0 Å². The standard InChI is InChI=1S/C21H25N5O3/c1-13-10-25(21(29)15-4-5-15)19-8-16(6-7-18(19)26(13)14(2)27)17-9-23-24(11-17)12-20(28)22-3/h6-9,11,13,15H,4-5,10,12H2,1-3H3,(H,22,28). The Balaban J connectivity index is 1.72. The van der Waals surface area contributed by atoms with E-state index in [4.69, 9.17) is 0 Å². The minimum atomic E-state index is -0.127. The highest BCUT2D eigenvalue weighted by molar-refractivity contribution is 6.06. The molecule has 0 radical (unpaired) electrons. The predicted octanol–water partition coefficient (Wildman–Crippen LogP) is 1.79. The van der Waals surface area contributed by atoms with Crippen molar-refractivity contribution in [1.82, 2.24) is 15.1 Å². The topological polar surface area (TPSA) is 87.5 Å². The molecule has 1 saturated carbocycles. The van der Waals surface area contributed by atoms with E-state index in [-0.39, 0.29) is 36.2 Å². The highest BCUT2D eigenvalue weighted by atomic mass is 16.2. The van der Waals surface area contributed by atoms with Gasteiger partial charge in [-0.15, -0.1) is 0 Å². The Morgan fingerprint density at radius 3 is 2.59 bits per heavy atom. The number of hydrogen-bond donors (Lipinski definition) is 1. The van der Waals surface area contributed by atoms with Crippen LogP contribution in [-0.2, 0) is 20.9 Å². The van der Waals surface area contributed by atoms with Crippen molar-refractivity contribution in [3.8, 4) is 11.1 Å². The van der Waals surface area contributed by atoms with Crippen LogP contribution in [0.15, 0.2) is 30.6 Å². The van der Waals surface area contributed by atoms with Gasteiger partial charge >= 0.3 is 0 Å². The monoisotopic (exact) mass is 395 g/mol. The number of anilines is 2. The zero-order valence-corrected chi connectivity index (χ0v) is 16.9. The molecule has 1 N–H and O–H groups in total. The Hall–Kier alpha value is -3.16. The molecule has 8 heteroatoms. The van der Waals surface area contributed by atoms with Crippen LogP contribution in [0, 0.1) is 5.92 Å². The van der Waals surface area contributed by atoms with E-state index < -0.39 is 0 Å².